The Morgan fingerprint density at radius 3 is 2.28 bits per heavy atom. The molecule has 7 nitrogen and oxygen atoms in total. The van der Waals surface area contributed by atoms with Crippen LogP contribution in [0.15, 0.2) is 65.7 Å². The van der Waals surface area contributed by atoms with Gasteiger partial charge in [0, 0.05) is 26.2 Å². The van der Waals surface area contributed by atoms with Gasteiger partial charge in [-0.2, -0.15) is 9.40 Å². The second kappa shape index (κ2) is 7.88. The highest BCUT2D eigenvalue weighted by Gasteiger charge is 2.32. The Morgan fingerprint density at radius 2 is 1.59 bits per heavy atom. The van der Waals surface area contributed by atoms with Crippen molar-refractivity contribution in [3.05, 3.63) is 66.5 Å². The summed E-state index contributed by atoms with van der Waals surface area (Å²) < 4.78 is 35.1. The lowest BCUT2D eigenvalue weighted by Crippen LogP contribution is -2.48. The summed E-state index contributed by atoms with van der Waals surface area (Å²) in [5.74, 6) is 0.795. The molecule has 0 spiro atoms. The molecule has 1 saturated heterocycles. The number of hydrogen-bond acceptors (Lipinski definition) is 5. The lowest BCUT2D eigenvalue weighted by molar-refractivity contribution is 0.378. The van der Waals surface area contributed by atoms with Crippen LogP contribution in [-0.4, -0.2) is 55.8 Å². The number of para-hydroxylation sites is 3. The molecule has 0 saturated carbocycles. The van der Waals surface area contributed by atoms with E-state index in [0.29, 0.717) is 31.9 Å². The second-order valence-electron chi connectivity index (χ2n) is 6.92. The van der Waals surface area contributed by atoms with E-state index in [-0.39, 0.29) is 4.90 Å². The molecular formula is C21H24N4O3S. The molecule has 0 amide bonds. The zero-order valence-electron chi connectivity index (χ0n) is 16.5. The van der Waals surface area contributed by atoms with Crippen LogP contribution in [0.1, 0.15) is 5.69 Å². The summed E-state index contributed by atoms with van der Waals surface area (Å²) in [7, 11) is -1.96. The number of rotatable bonds is 5. The number of aromatic nitrogens is 2. The van der Waals surface area contributed by atoms with Gasteiger partial charge in [-0.1, -0.05) is 30.3 Å². The Labute approximate surface area is 171 Å². The molecule has 8 heteroatoms. The number of anilines is 1. The topological polar surface area (TPSA) is 67.7 Å². The van der Waals surface area contributed by atoms with Gasteiger partial charge in [-0.3, -0.25) is 0 Å². The molecule has 0 bridgehead atoms. The van der Waals surface area contributed by atoms with E-state index in [9.17, 15) is 8.42 Å². The molecule has 4 rings (SSSR count). The van der Waals surface area contributed by atoms with Gasteiger partial charge in [-0.15, -0.1) is 0 Å². The fourth-order valence-electron chi connectivity index (χ4n) is 3.61. The van der Waals surface area contributed by atoms with E-state index < -0.39 is 10.0 Å². The Morgan fingerprint density at radius 1 is 0.931 bits per heavy atom. The Balaban J connectivity index is 1.53. The summed E-state index contributed by atoms with van der Waals surface area (Å²) in [6, 6.07) is 17.3. The highest BCUT2D eigenvalue weighted by atomic mass is 32.2. The van der Waals surface area contributed by atoms with Gasteiger partial charge < -0.3 is 9.64 Å². The average Bonchev–Trinajstić information content (AvgIpc) is 3.17. The van der Waals surface area contributed by atoms with Gasteiger partial charge in [0.15, 0.2) is 0 Å². The lowest BCUT2D eigenvalue weighted by atomic mass is 10.2. The van der Waals surface area contributed by atoms with Crippen LogP contribution in [0.3, 0.4) is 0 Å². The normalized spacial score (nSPS) is 15.4. The number of piperazine rings is 1. The smallest absolute Gasteiger partial charge is 0.246 e. The van der Waals surface area contributed by atoms with E-state index in [1.807, 2.05) is 54.6 Å². The van der Waals surface area contributed by atoms with Crippen molar-refractivity contribution in [1.82, 2.24) is 14.1 Å². The maximum Gasteiger partial charge on any atom is 0.246 e. The third-order valence-corrected chi connectivity index (χ3v) is 7.16. The second-order valence-corrected chi connectivity index (χ2v) is 8.83. The zero-order chi connectivity index (χ0) is 20.4. The molecule has 1 fully saturated rings. The van der Waals surface area contributed by atoms with Gasteiger partial charge in [0.1, 0.15) is 10.6 Å². The molecule has 1 aliphatic rings. The molecule has 0 atom stereocenters. The molecule has 152 valence electrons. The standard InChI is InChI=1S/C21H24N4O3S/c1-17-21(16-25(22-17)18-8-4-3-5-9-18)29(26,27)24-14-12-23(13-15-24)19-10-6-7-11-20(19)28-2/h3-11,16H,12-15H2,1-2H3. The molecule has 0 unspecified atom stereocenters. The van der Waals surface area contributed by atoms with E-state index in [2.05, 4.69) is 10.00 Å². The lowest BCUT2D eigenvalue weighted by Gasteiger charge is -2.35. The average molecular weight is 413 g/mol. The highest BCUT2D eigenvalue weighted by molar-refractivity contribution is 7.89. The Kier molecular flexibility index (Phi) is 5.29. The van der Waals surface area contributed by atoms with Crippen molar-refractivity contribution in [3.63, 3.8) is 0 Å². The number of benzene rings is 2. The molecule has 2 heterocycles. The van der Waals surface area contributed by atoms with Crippen LogP contribution in [0.25, 0.3) is 5.69 Å². The minimum absolute atomic E-state index is 0.257. The van der Waals surface area contributed by atoms with Crippen LogP contribution in [0.2, 0.25) is 0 Å². The van der Waals surface area contributed by atoms with Crippen molar-refractivity contribution < 1.29 is 13.2 Å². The third kappa shape index (κ3) is 3.73. The molecule has 0 aliphatic carbocycles. The van der Waals surface area contributed by atoms with Crippen LogP contribution in [0.5, 0.6) is 5.75 Å². The molecule has 1 aliphatic heterocycles. The number of methoxy groups -OCH3 is 1. The minimum Gasteiger partial charge on any atom is -0.495 e. The molecular weight excluding hydrogens is 388 g/mol. The fraction of sp³-hybridized carbons (Fsp3) is 0.286. The number of nitrogens with zero attached hydrogens (tertiary/aromatic N) is 4. The van der Waals surface area contributed by atoms with Gasteiger partial charge in [0.05, 0.1) is 30.4 Å². The summed E-state index contributed by atoms with van der Waals surface area (Å²) in [5, 5.41) is 4.41. The summed E-state index contributed by atoms with van der Waals surface area (Å²) in [4.78, 5) is 2.41. The van der Waals surface area contributed by atoms with Crippen LogP contribution in [0, 0.1) is 6.92 Å². The molecule has 1 aromatic heterocycles. The maximum absolute atomic E-state index is 13.2. The summed E-state index contributed by atoms with van der Waals surface area (Å²) >= 11 is 0. The summed E-state index contributed by atoms with van der Waals surface area (Å²) in [6.07, 6.45) is 1.60. The first-order chi connectivity index (χ1) is 14.0. The van der Waals surface area contributed by atoms with Crippen LogP contribution in [-0.2, 0) is 10.0 Å². The quantitative estimate of drug-likeness (QED) is 0.645. The largest absolute Gasteiger partial charge is 0.495 e. The third-order valence-electron chi connectivity index (χ3n) is 5.16. The van der Waals surface area contributed by atoms with Gasteiger partial charge in [-0.25, -0.2) is 13.1 Å². The number of aryl methyl sites for hydroxylation is 1. The Hall–Kier alpha value is -2.84. The molecule has 29 heavy (non-hydrogen) atoms. The minimum atomic E-state index is -3.61. The number of sulfonamides is 1. The van der Waals surface area contributed by atoms with Gasteiger partial charge in [0.2, 0.25) is 10.0 Å². The van der Waals surface area contributed by atoms with Gasteiger partial charge in [-0.05, 0) is 31.2 Å². The monoisotopic (exact) mass is 412 g/mol. The molecule has 2 aromatic carbocycles. The van der Waals surface area contributed by atoms with Crippen molar-refractivity contribution in [2.75, 3.05) is 38.2 Å². The predicted octanol–water partition coefficient (Wildman–Crippen LogP) is 2.70. The predicted molar refractivity (Wildman–Crippen MR) is 112 cm³/mol. The summed E-state index contributed by atoms with van der Waals surface area (Å²) in [6.45, 7) is 3.76. The van der Waals surface area contributed by atoms with Crippen LogP contribution >= 0.6 is 0 Å². The summed E-state index contributed by atoms with van der Waals surface area (Å²) in [5.41, 5.74) is 2.32. The Bertz CT molecular complexity index is 1090. The van der Waals surface area contributed by atoms with E-state index in [1.54, 1.807) is 24.9 Å². The van der Waals surface area contributed by atoms with Gasteiger partial charge >= 0.3 is 0 Å². The van der Waals surface area contributed by atoms with Crippen LogP contribution in [0.4, 0.5) is 5.69 Å². The first-order valence-corrected chi connectivity index (χ1v) is 10.9. The van der Waals surface area contributed by atoms with Crippen molar-refractivity contribution in [3.8, 4) is 11.4 Å². The first-order valence-electron chi connectivity index (χ1n) is 9.50. The highest BCUT2D eigenvalue weighted by Crippen LogP contribution is 2.29. The maximum atomic E-state index is 13.2. The zero-order valence-corrected chi connectivity index (χ0v) is 17.3. The van der Waals surface area contributed by atoms with E-state index >= 15 is 0 Å². The SMILES string of the molecule is COc1ccccc1N1CCN(S(=O)(=O)c2cn(-c3ccccc3)nc2C)CC1. The van der Waals surface area contributed by atoms with E-state index in [4.69, 9.17) is 4.74 Å². The van der Waals surface area contributed by atoms with Crippen molar-refractivity contribution >= 4 is 15.7 Å². The van der Waals surface area contributed by atoms with Crippen molar-refractivity contribution in [2.45, 2.75) is 11.8 Å². The fourth-order valence-corrected chi connectivity index (χ4v) is 5.18. The molecule has 0 N–H and O–H groups in total. The molecule has 0 radical (unpaired) electrons. The van der Waals surface area contributed by atoms with Crippen molar-refractivity contribution in [1.29, 1.82) is 0 Å². The number of hydrogen-bond donors (Lipinski definition) is 0. The molecule has 3 aromatic rings. The van der Waals surface area contributed by atoms with Crippen LogP contribution < -0.4 is 9.64 Å². The number of ether oxygens (including phenoxy) is 1. The van der Waals surface area contributed by atoms with E-state index in [0.717, 1.165) is 17.1 Å². The van der Waals surface area contributed by atoms with Gasteiger partial charge in [0.25, 0.3) is 0 Å². The first kappa shape index (κ1) is 19.5. The van der Waals surface area contributed by atoms with E-state index in [1.165, 1.54) is 4.31 Å². The van der Waals surface area contributed by atoms with Crippen molar-refractivity contribution in [2.24, 2.45) is 0 Å².